The highest BCUT2D eigenvalue weighted by Crippen LogP contribution is 2.41. The van der Waals surface area contributed by atoms with E-state index in [0.29, 0.717) is 36.0 Å². The number of aromatic nitrogens is 2. The van der Waals surface area contributed by atoms with Crippen LogP contribution in [0.5, 0.6) is 11.5 Å². The summed E-state index contributed by atoms with van der Waals surface area (Å²) in [5.74, 6) is 1.88. The molecule has 1 N–H and O–H groups in total. The number of nitrogens with zero attached hydrogens (tertiary/aromatic N) is 3. The highest BCUT2D eigenvalue weighted by atomic mass is 19.1. The summed E-state index contributed by atoms with van der Waals surface area (Å²) in [6, 6.07) is 4.66. The summed E-state index contributed by atoms with van der Waals surface area (Å²) >= 11 is 0. The summed E-state index contributed by atoms with van der Waals surface area (Å²) in [5.41, 5.74) is -1.38. The molecule has 1 aliphatic heterocycles. The van der Waals surface area contributed by atoms with Gasteiger partial charge in [-0.3, -0.25) is 0 Å². The first-order valence-corrected chi connectivity index (χ1v) is 9.33. The molecular formula is C19H23FN4O4. The van der Waals surface area contributed by atoms with Gasteiger partial charge in [-0.25, -0.2) is 9.18 Å². The number of likely N-dealkylation sites (tertiary alicyclic amines) is 1. The van der Waals surface area contributed by atoms with Crippen LogP contribution in [0, 0.1) is 0 Å². The maximum absolute atomic E-state index is 15.6. The third-order valence-corrected chi connectivity index (χ3v) is 5.15. The molecule has 1 saturated heterocycles. The Morgan fingerprint density at radius 2 is 2.18 bits per heavy atom. The number of carbonyl (C=O) groups excluding carboxylic acids is 1. The second-order valence-electron chi connectivity index (χ2n) is 7.22. The molecule has 1 atom stereocenters. The Kier molecular flexibility index (Phi) is 4.82. The number of carbonyl (C=O) groups is 1. The van der Waals surface area contributed by atoms with E-state index >= 15 is 4.39 Å². The SMILES string of the molecule is COc1ccc(OC)c(NC(=O)N2CCCC(F)(c3nc(C4CC4)no3)C2)c1. The summed E-state index contributed by atoms with van der Waals surface area (Å²) in [7, 11) is 3.05. The molecule has 2 heterocycles. The van der Waals surface area contributed by atoms with Crippen molar-refractivity contribution in [1.29, 1.82) is 0 Å². The lowest BCUT2D eigenvalue weighted by Gasteiger charge is -2.35. The van der Waals surface area contributed by atoms with Crippen molar-refractivity contribution in [3.05, 3.63) is 29.9 Å². The Morgan fingerprint density at radius 1 is 1.36 bits per heavy atom. The zero-order valence-corrected chi connectivity index (χ0v) is 15.9. The molecule has 0 spiro atoms. The Morgan fingerprint density at radius 3 is 2.89 bits per heavy atom. The lowest BCUT2D eigenvalue weighted by molar-refractivity contribution is 0.0333. The lowest BCUT2D eigenvalue weighted by atomic mass is 9.94. The standard InChI is InChI=1S/C19H23FN4O4/c1-26-13-6-7-15(27-2)14(10-13)21-18(25)24-9-3-8-19(20,11-24)17-22-16(23-28-17)12-4-5-12/h6-7,10,12H,3-5,8-9,11H2,1-2H3,(H,21,25). The Labute approximate surface area is 162 Å². The van der Waals surface area contributed by atoms with E-state index in [1.54, 1.807) is 18.2 Å². The predicted molar refractivity (Wildman–Crippen MR) is 98.4 cm³/mol. The van der Waals surface area contributed by atoms with E-state index in [1.165, 1.54) is 19.1 Å². The Balaban J connectivity index is 1.48. The van der Waals surface area contributed by atoms with E-state index in [-0.39, 0.29) is 24.8 Å². The van der Waals surface area contributed by atoms with Crippen molar-refractivity contribution >= 4 is 11.7 Å². The fourth-order valence-electron chi connectivity index (χ4n) is 3.39. The molecule has 2 fully saturated rings. The minimum Gasteiger partial charge on any atom is -0.497 e. The fourth-order valence-corrected chi connectivity index (χ4v) is 3.39. The number of hydrogen-bond donors (Lipinski definition) is 1. The Hall–Kier alpha value is -2.84. The number of ether oxygens (including phenoxy) is 2. The van der Waals surface area contributed by atoms with Crippen LogP contribution < -0.4 is 14.8 Å². The van der Waals surface area contributed by atoms with E-state index in [9.17, 15) is 4.79 Å². The monoisotopic (exact) mass is 390 g/mol. The number of rotatable bonds is 5. The molecule has 1 unspecified atom stereocenters. The van der Waals surface area contributed by atoms with Gasteiger partial charge in [0, 0.05) is 18.5 Å². The second kappa shape index (κ2) is 7.29. The van der Waals surface area contributed by atoms with Crippen molar-refractivity contribution in [2.24, 2.45) is 0 Å². The van der Waals surface area contributed by atoms with Gasteiger partial charge >= 0.3 is 6.03 Å². The molecule has 1 saturated carbocycles. The van der Waals surface area contributed by atoms with Gasteiger partial charge in [-0.2, -0.15) is 4.98 Å². The van der Waals surface area contributed by atoms with Crippen molar-refractivity contribution in [1.82, 2.24) is 15.0 Å². The Bertz CT molecular complexity index is 869. The quantitative estimate of drug-likeness (QED) is 0.841. The summed E-state index contributed by atoms with van der Waals surface area (Å²) < 4.78 is 31.2. The summed E-state index contributed by atoms with van der Waals surface area (Å²) in [5, 5.41) is 6.68. The van der Waals surface area contributed by atoms with Crippen LogP contribution in [-0.4, -0.2) is 48.4 Å². The first-order chi connectivity index (χ1) is 13.5. The van der Waals surface area contributed by atoms with Gasteiger partial charge in [0.05, 0.1) is 26.5 Å². The van der Waals surface area contributed by atoms with Gasteiger partial charge in [0.1, 0.15) is 11.5 Å². The van der Waals surface area contributed by atoms with Gasteiger partial charge in [-0.1, -0.05) is 5.16 Å². The maximum Gasteiger partial charge on any atom is 0.322 e. The third kappa shape index (κ3) is 3.61. The van der Waals surface area contributed by atoms with Crippen molar-refractivity contribution < 1.29 is 23.2 Å². The largest absolute Gasteiger partial charge is 0.497 e. The molecule has 9 heteroatoms. The van der Waals surface area contributed by atoms with Crippen LogP contribution in [0.1, 0.15) is 43.3 Å². The zero-order valence-electron chi connectivity index (χ0n) is 15.9. The van der Waals surface area contributed by atoms with Gasteiger partial charge in [0.15, 0.2) is 5.82 Å². The topological polar surface area (TPSA) is 89.7 Å². The van der Waals surface area contributed by atoms with Crippen LogP contribution in [0.15, 0.2) is 22.7 Å². The molecule has 28 heavy (non-hydrogen) atoms. The van der Waals surface area contributed by atoms with Crippen molar-refractivity contribution in [3.63, 3.8) is 0 Å². The minimum atomic E-state index is -1.84. The predicted octanol–water partition coefficient (Wildman–Crippen LogP) is 3.46. The summed E-state index contributed by atoms with van der Waals surface area (Å²) in [4.78, 5) is 18.4. The molecular weight excluding hydrogens is 367 g/mol. The van der Waals surface area contributed by atoms with Crippen molar-refractivity contribution in [2.45, 2.75) is 37.3 Å². The molecule has 0 bridgehead atoms. The van der Waals surface area contributed by atoms with Gasteiger partial charge in [0.2, 0.25) is 5.67 Å². The second-order valence-corrected chi connectivity index (χ2v) is 7.22. The molecule has 8 nitrogen and oxygen atoms in total. The number of benzene rings is 1. The van der Waals surface area contributed by atoms with Crippen LogP contribution in [0.3, 0.4) is 0 Å². The van der Waals surface area contributed by atoms with Crippen LogP contribution >= 0.6 is 0 Å². The number of urea groups is 1. The first kappa shape index (κ1) is 18.5. The molecule has 1 aliphatic carbocycles. The average Bonchev–Trinajstić information content (AvgIpc) is 3.43. The highest BCUT2D eigenvalue weighted by Gasteiger charge is 2.44. The van der Waals surface area contributed by atoms with E-state index in [0.717, 1.165) is 12.8 Å². The number of halogens is 1. The molecule has 2 aliphatic rings. The smallest absolute Gasteiger partial charge is 0.322 e. The van der Waals surface area contributed by atoms with E-state index in [1.807, 2.05) is 0 Å². The lowest BCUT2D eigenvalue weighted by Crippen LogP contribution is -2.48. The van der Waals surface area contributed by atoms with E-state index in [4.69, 9.17) is 14.0 Å². The number of methoxy groups -OCH3 is 2. The third-order valence-electron chi connectivity index (χ3n) is 5.15. The average molecular weight is 390 g/mol. The summed E-state index contributed by atoms with van der Waals surface area (Å²) in [6.07, 6.45) is 2.76. The number of alkyl halides is 1. The number of amides is 2. The van der Waals surface area contributed by atoms with E-state index < -0.39 is 11.7 Å². The van der Waals surface area contributed by atoms with Gasteiger partial charge in [0.25, 0.3) is 5.89 Å². The minimum absolute atomic E-state index is 0.0362. The molecule has 2 amide bonds. The fraction of sp³-hybridized carbons (Fsp3) is 0.526. The van der Waals surface area contributed by atoms with Gasteiger partial charge in [-0.05, 0) is 37.8 Å². The molecule has 1 aromatic heterocycles. The molecule has 4 rings (SSSR count). The zero-order chi connectivity index (χ0) is 19.7. The van der Waals surface area contributed by atoms with Gasteiger partial charge < -0.3 is 24.2 Å². The molecule has 0 radical (unpaired) electrons. The van der Waals surface area contributed by atoms with Crippen LogP contribution in [0.2, 0.25) is 0 Å². The van der Waals surface area contributed by atoms with Crippen LogP contribution in [0.25, 0.3) is 0 Å². The molecule has 2 aromatic rings. The molecule has 1 aromatic carbocycles. The maximum atomic E-state index is 15.6. The van der Waals surface area contributed by atoms with Crippen molar-refractivity contribution in [2.75, 3.05) is 32.6 Å². The number of hydrogen-bond acceptors (Lipinski definition) is 6. The first-order valence-electron chi connectivity index (χ1n) is 9.33. The van der Waals surface area contributed by atoms with Crippen LogP contribution in [-0.2, 0) is 5.67 Å². The normalized spacial score (nSPS) is 22.0. The van der Waals surface area contributed by atoms with Crippen LogP contribution in [0.4, 0.5) is 14.9 Å². The van der Waals surface area contributed by atoms with E-state index in [2.05, 4.69) is 15.5 Å². The number of nitrogens with one attached hydrogen (secondary N) is 1. The number of piperidine rings is 1. The van der Waals surface area contributed by atoms with Gasteiger partial charge in [-0.15, -0.1) is 0 Å². The molecule has 150 valence electrons. The van der Waals surface area contributed by atoms with Crippen molar-refractivity contribution in [3.8, 4) is 11.5 Å². The highest BCUT2D eigenvalue weighted by molar-refractivity contribution is 5.91. The number of anilines is 1. The summed E-state index contributed by atoms with van der Waals surface area (Å²) in [6.45, 7) is 0.296.